The molecule has 1 aromatic carbocycles. The number of hydrogen-bond donors (Lipinski definition) is 1. The minimum absolute atomic E-state index is 0.0457. The molecule has 5 nitrogen and oxygen atoms in total. The van der Waals surface area contributed by atoms with Crippen molar-refractivity contribution in [1.29, 1.82) is 0 Å². The lowest BCUT2D eigenvalue weighted by Crippen LogP contribution is -2.17. The Morgan fingerprint density at radius 2 is 2.11 bits per heavy atom. The topological polar surface area (TPSA) is 64.1 Å². The van der Waals surface area contributed by atoms with Gasteiger partial charge in [0.15, 0.2) is 0 Å². The Balaban J connectivity index is 1.90. The van der Waals surface area contributed by atoms with Gasteiger partial charge in [-0.25, -0.2) is 0 Å². The maximum absolute atomic E-state index is 11.4. The fourth-order valence-electron chi connectivity index (χ4n) is 1.50. The minimum Gasteiger partial charge on any atom is -0.372 e. The molecule has 0 atom stereocenters. The predicted octanol–water partition coefficient (Wildman–Crippen LogP) is 2.10. The Morgan fingerprint density at radius 1 is 1.32 bits per heavy atom. The summed E-state index contributed by atoms with van der Waals surface area (Å²) in [5.41, 5.74) is 1.17. The standard InChI is InChI=1S/C13H15N3O2S/c1-2-18-9-11(17)14-13-16-15-12(19-13)8-10-6-4-3-5-7-10/h3-7H,2,8-9H2,1H3,(H,14,16,17). The molecule has 0 spiro atoms. The van der Waals surface area contributed by atoms with Crippen molar-refractivity contribution < 1.29 is 9.53 Å². The molecule has 1 N–H and O–H groups in total. The number of nitrogens with zero attached hydrogens (tertiary/aromatic N) is 2. The van der Waals surface area contributed by atoms with Crippen molar-refractivity contribution in [2.24, 2.45) is 0 Å². The van der Waals surface area contributed by atoms with E-state index < -0.39 is 0 Å². The van der Waals surface area contributed by atoms with Gasteiger partial charge in [0.25, 0.3) is 5.91 Å². The van der Waals surface area contributed by atoms with Crippen molar-refractivity contribution in [3.63, 3.8) is 0 Å². The first-order chi connectivity index (χ1) is 9.28. The monoisotopic (exact) mass is 277 g/mol. The molecule has 0 saturated heterocycles. The number of nitrogens with one attached hydrogen (secondary N) is 1. The third-order valence-corrected chi connectivity index (χ3v) is 3.19. The Morgan fingerprint density at radius 3 is 2.84 bits per heavy atom. The first-order valence-corrected chi connectivity index (χ1v) is 6.83. The first kappa shape index (κ1) is 13.6. The molecule has 1 amide bonds. The second kappa shape index (κ2) is 6.96. The fourth-order valence-corrected chi connectivity index (χ4v) is 2.29. The molecule has 0 bridgehead atoms. The zero-order chi connectivity index (χ0) is 13.5. The number of amides is 1. The molecule has 100 valence electrons. The van der Waals surface area contributed by atoms with Gasteiger partial charge in [0.05, 0.1) is 0 Å². The summed E-state index contributed by atoms with van der Waals surface area (Å²) in [6.07, 6.45) is 0.722. The molecule has 0 aliphatic carbocycles. The summed E-state index contributed by atoms with van der Waals surface area (Å²) >= 11 is 1.38. The lowest BCUT2D eigenvalue weighted by molar-refractivity contribution is -0.120. The van der Waals surface area contributed by atoms with Crippen LogP contribution in [0.1, 0.15) is 17.5 Å². The molecule has 0 fully saturated rings. The molecule has 0 aliphatic heterocycles. The van der Waals surface area contributed by atoms with Crippen molar-refractivity contribution in [3.05, 3.63) is 40.9 Å². The predicted molar refractivity (Wildman–Crippen MR) is 74.3 cm³/mol. The molecule has 2 aromatic rings. The second-order valence-corrected chi connectivity index (χ2v) is 4.91. The molecule has 0 saturated carbocycles. The number of aromatic nitrogens is 2. The van der Waals surface area contributed by atoms with E-state index in [0.29, 0.717) is 11.7 Å². The van der Waals surface area contributed by atoms with Gasteiger partial charge in [0.2, 0.25) is 5.13 Å². The van der Waals surface area contributed by atoms with Crippen LogP contribution in [0, 0.1) is 0 Å². The van der Waals surface area contributed by atoms with Gasteiger partial charge >= 0.3 is 0 Å². The SMILES string of the molecule is CCOCC(=O)Nc1nnc(Cc2ccccc2)s1. The van der Waals surface area contributed by atoms with E-state index >= 15 is 0 Å². The highest BCUT2D eigenvalue weighted by molar-refractivity contribution is 7.15. The summed E-state index contributed by atoms with van der Waals surface area (Å²) in [6.45, 7) is 2.41. The molecule has 1 aromatic heterocycles. The van der Waals surface area contributed by atoms with E-state index in [1.165, 1.54) is 16.9 Å². The van der Waals surface area contributed by atoms with E-state index in [4.69, 9.17) is 4.74 Å². The summed E-state index contributed by atoms with van der Waals surface area (Å²) in [7, 11) is 0. The lowest BCUT2D eigenvalue weighted by Gasteiger charge is -2.00. The van der Waals surface area contributed by atoms with Crippen LogP contribution in [0.4, 0.5) is 5.13 Å². The fraction of sp³-hybridized carbons (Fsp3) is 0.308. The van der Waals surface area contributed by atoms with Crippen LogP contribution in [0.2, 0.25) is 0 Å². The van der Waals surface area contributed by atoms with E-state index in [-0.39, 0.29) is 12.5 Å². The number of rotatable bonds is 6. The molecular formula is C13H15N3O2S. The van der Waals surface area contributed by atoms with Crippen molar-refractivity contribution >= 4 is 22.4 Å². The van der Waals surface area contributed by atoms with Crippen LogP contribution in [0.25, 0.3) is 0 Å². The maximum atomic E-state index is 11.4. The van der Waals surface area contributed by atoms with Gasteiger partial charge in [-0.05, 0) is 12.5 Å². The number of hydrogen-bond acceptors (Lipinski definition) is 5. The average Bonchev–Trinajstić information content (AvgIpc) is 2.85. The molecule has 0 aliphatic rings. The summed E-state index contributed by atoms with van der Waals surface area (Å²) in [4.78, 5) is 11.4. The molecule has 2 rings (SSSR count). The summed E-state index contributed by atoms with van der Waals surface area (Å²) < 4.78 is 5.01. The van der Waals surface area contributed by atoms with Crippen LogP contribution in [0.5, 0.6) is 0 Å². The number of benzene rings is 1. The van der Waals surface area contributed by atoms with Gasteiger partial charge in [0.1, 0.15) is 11.6 Å². The van der Waals surface area contributed by atoms with E-state index in [1.54, 1.807) is 0 Å². The van der Waals surface area contributed by atoms with E-state index in [9.17, 15) is 4.79 Å². The Kier molecular flexibility index (Phi) is 5.00. The lowest BCUT2D eigenvalue weighted by atomic mass is 10.2. The van der Waals surface area contributed by atoms with E-state index in [2.05, 4.69) is 15.5 Å². The van der Waals surface area contributed by atoms with Crippen LogP contribution < -0.4 is 5.32 Å². The van der Waals surface area contributed by atoms with Gasteiger partial charge < -0.3 is 4.74 Å². The smallest absolute Gasteiger partial charge is 0.252 e. The number of anilines is 1. The van der Waals surface area contributed by atoms with Crippen LogP contribution in [0.15, 0.2) is 30.3 Å². The molecule has 0 radical (unpaired) electrons. The summed E-state index contributed by atoms with van der Waals surface area (Å²) in [5, 5.41) is 12.0. The summed E-state index contributed by atoms with van der Waals surface area (Å²) in [6, 6.07) is 10.0. The van der Waals surface area contributed by atoms with Crippen LogP contribution >= 0.6 is 11.3 Å². The zero-order valence-corrected chi connectivity index (χ0v) is 11.4. The van der Waals surface area contributed by atoms with Gasteiger partial charge in [0, 0.05) is 13.0 Å². The summed E-state index contributed by atoms with van der Waals surface area (Å²) in [5.74, 6) is -0.204. The largest absolute Gasteiger partial charge is 0.372 e. The molecule has 19 heavy (non-hydrogen) atoms. The average molecular weight is 277 g/mol. The first-order valence-electron chi connectivity index (χ1n) is 6.02. The van der Waals surface area contributed by atoms with Crippen LogP contribution in [0.3, 0.4) is 0 Å². The Labute approximate surface area is 115 Å². The molecule has 0 unspecified atom stereocenters. The van der Waals surface area contributed by atoms with Crippen LogP contribution in [-0.2, 0) is 16.0 Å². The van der Waals surface area contributed by atoms with Crippen molar-refractivity contribution in [2.45, 2.75) is 13.3 Å². The quantitative estimate of drug-likeness (QED) is 0.878. The van der Waals surface area contributed by atoms with E-state index in [1.807, 2.05) is 37.3 Å². The molecule has 6 heteroatoms. The highest BCUT2D eigenvalue weighted by Crippen LogP contribution is 2.18. The van der Waals surface area contributed by atoms with Gasteiger partial charge in [-0.1, -0.05) is 41.7 Å². The molecular weight excluding hydrogens is 262 g/mol. The molecule has 1 heterocycles. The van der Waals surface area contributed by atoms with Crippen molar-refractivity contribution in [2.75, 3.05) is 18.5 Å². The number of carbonyl (C=O) groups excluding carboxylic acids is 1. The number of carbonyl (C=O) groups is 1. The number of ether oxygens (including phenoxy) is 1. The third kappa shape index (κ3) is 4.42. The van der Waals surface area contributed by atoms with Crippen molar-refractivity contribution in [1.82, 2.24) is 10.2 Å². The minimum atomic E-state index is -0.204. The van der Waals surface area contributed by atoms with Gasteiger partial charge in [-0.15, -0.1) is 10.2 Å². The highest BCUT2D eigenvalue weighted by atomic mass is 32.1. The highest BCUT2D eigenvalue weighted by Gasteiger charge is 2.08. The maximum Gasteiger partial charge on any atom is 0.252 e. The third-order valence-electron chi connectivity index (χ3n) is 2.35. The van der Waals surface area contributed by atoms with Gasteiger partial charge in [-0.2, -0.15) is 0 Å². The van der Waals surface area contributed by atoms with E-state index in [0.717, 1.165) is 11.4 Å². The van der Waals surface area contributed by atoms with Crippen molar-refractivity contribution in [3.8, 4) is 0 Å². The zero-order valence-electron chi connectivity index (χ0n) is 10.6. The van der Waals surface area contributed by atoms with Gasteiger partial charge in [-0.3, -0.25) is 10.1 Å². The Bertz CT molecular complexity index is 528. The van der Waals surface area contributed by atoms with Crippen LogP contribution in [-0.4, -0.2) is 29.3 Å². The second-order valence-electron chi connectivity index (χ2n) is 3.85. The normalized spacial score (nSPS) is 10.4. The Hall–Kier alpha value is -1.79.